The molecule has 0 spiro atoms. The fraction of sp³-hybridized carbons (Fsp3) is 0.0625. The number of nitrogens with two attached hydrogens (primary N) is 1. The van der Waals surface area contributed by atoms with E-state index in [-0.39, 0.29) is 11.3 Å². The van der Waals surface area contributed by atoms with Gasteiger partial charge in [-0.3, -0.25) is 4.79 Å². The van der Waals surface area contributed by atoms with Crippen LogP contribution >= 0.6 is 0 Å². The van der Waals surface area contributed by atoms with Gasteiger partial charge < -0.3 is 14.9 Å². The normalized spacial score (nSPS) is 10.7. The fourth-order valence-electron chi connectivity index (χ4n) is 2.19. The molecule has 1 aromatic heterocycles. The summed E-state index contributed by atoms with van der Waals surface area (Å²) < 4.78 is 10.6. The van der Waals surface area contributed by atoms with Crippen LogP contribution in [-0.4, -0.2) is 7.11 Å². The second-order valence-corrected chi connectivity index (χ2v) is 4.40. The minimum absolute atomic E-state index is 0.124. The molecule has 0 unspecified atom stereocenters. The van der Waals surface area contributed by atoms with Gasteiger partial charge in [0.1, 0.15) is 11.3 Å². The van der Waals surface area contributed by atoms with E-state index < -0.39 is 0 Å². The van der Waals surface area contributed by atoms with E-state index in [9.17, 15) is 4.79 Å². The Kier molecular flexibility index (Phi) is 2.91. The largest absolute Gasteiger partial charge is 0.497 e. The lowest BCUT2D eigenvalue weighted by molar-refractivity contribution is 0.415. The van der Waals surface area contributed by atoms with E-state index >= 15 is 0 Å². The molecule has 3 rings (SSSR count). The number of hydrogen-bond donors (Lipinski definition) is 1. The summed E-state index contributed by atoms with van der Waals surface area (Å²) in [7, 11) is 1.59. The number of para-hydroxylation sites is 1. The molecule has 3 aromatic rings. The predicted molar refractivity (Wildman–Crippen MR) is 78.9 cm³/mol. The first-order valence-corrected chi connectivity index (χ1v) is 6.16. The maximum absolute atomic E-state index is 12.5. The summed E-state index contributed by atoms with van der Waals surface area (Å²) >= 11 is 0. The van der Waals surface area contributed by atoms with Crippen LogP contribution in [0.2, 0.25) is 0 Å². The van der Waals surface area contributed by atoms with Gasteiger partial charge in [0, 0.05) is 0 Å². The standard InChI is InChI=1S/C16H13NO3/c1-19-11-8-6-10(7-9-11)14-15(18)12-4-2-3-5-13(12)20-16(14)17/h2-9H,17H2,1H3. The van der Waals surface area contributed by atoms with Gasteiger partial charge in [0.15, 0.2) is 0 Å². The van der Waals surface area contributed by atoms with Crippen LogP contribution in [0.4, 0.5) is 5.88 Å². The van der Waals surface area contributed by atoms with Gasteiger partial charge in [-0.2, -0.15) is 0 Å². The molecule has 4 nitrogen and oxygen atoms in total. The number of ether oxygens (including phenoxy) is 1. The lowest BCUT2D eigenvalue weighted by Gasteiger charge is -2.07. The van der Waals surface area contributed by atoms with Crippen LogP contribution in [0.1, 0.15) is 0 Å². The van der Waals surface area contributed by atoms with E-state index in [0.29, 0.717) is 22.1 Å². The SMILES string of the molecule is COc1ccc(-c2c(N)oc3ccccc3c2=O)cc1. The molecule has 0 saturated carbocycles. The molecule has 0 aliphatic carbocycles. The van der Waals surface area contributed by atoms with Crippen molar-refractivity contribution in [2.24, 2.45) is 0 Å². The molecule has 0 bridgehead atoms. The van der Waals surface area contributed by atoms with Gasteiger partial charge >= 0.3 is 0 Å². The summed E-state index contributed by atoms with van der Waals surface area (Å²) in [6, 6.07) is 14.2. The van der Waals surface area contributed by atoms with Gasteiger partial charge in [-0.1, -0.05) is 24.3 Å². The van der Waals surface area contributed by atoms with Crippen molar-refractivity contribution >= 4 is 16.9 Å². The Morgan fingerprint density at radius 2 is 1.75 bits per heavy atom. The zero-order chi connectivity index (χ0) is 14.1. The first kappa shape index (κ1) is 12.3. The van der Waals surface area contributed by atoms with Crippen molar-refractivity contribution in [1.29, 1.82) is 0 Å². The highest BCUT2D eigenvalue weighted by Crippen LogP contribution is 2.27. The molecule has 20 heavy (non-hydrogen) atoms. The number of methoxy groups -OCH3 is 1. The van der Waals surface area contributed by atoms with Crippen molar-refractivity contribution in [1.82, 2.24) is 0 Å². The monoisotopic (exact) mass is 267 g/mol. The van der Waals surface area contributed by atoms with Crippen LogP contribution in [0.15, 0.2) is 57.7 Å². The highest BCUT2D eigenvalue weighted by Gasteiger charge is 2.13. The third-order valence-electron chi connectivity index (χ3n) is 3.20. The van der Waals surface area contributed by atoms with E-state index in [2.05, 4.69) is 0 Å². The van der Waals surface area contributed by atoms with Crippen LogP contribution in [0.3, 0.4) is 0 Å². The van der Waals surface area contributed by atoms with Crippen molar-refractivity contribution in [3.63, 3.8) is 0 Å². The summed E-state index contributed by atoms with van der Waals surface area (Å²) in [5.74, 6) is 0.844. The maximum Gasteiger partial charge on any atom is 0.202 e. The topological polar surface area (TPSA) is 65.5 Å². The average Bonchev–Trinajstić information content (AvgIpc) is 2.48. The molecule has 4 heteroatoms. The number of fused-ring (bicyclic) bond motifs is 1. The molecule has 0 atom stereocenters. The maximum atomic E-state index is 12.5. The first-order chi connectivity index (χ1) is 9.70. The molecular weight excluding hydrogens is 254 g/mol. The van der Waals surface area contributed by atoms with Crippen LogP contribution in [-0.2, 0) is 0 Å². The van der Waals surface area contributed by atoms with Crippen molar-refractivity contribution in [3.05, 3.63) is 58.8 Å². The fourth-order valence-corrected chi connectivity index (χ4v) is 2.19. The van der Waals surface area contributed by atoms with Crippen molar-refractivity contribution < 1.29 is 9.15 Å². The molecule has 2 N–H and O–H groups in total. The molecule has 0 radical (unpaired) electrons. The van der Waals surface area contributed by atoms with Gasteiger partial charge in [-0.25, -0.2) is 0 Å². The minimum Gasteiger partial charge on any atom is -0.497 e. The quantitative estimate of drug-likeness (QED) is 0.775. The van der Waals surface area contributed by atoms with E-state index in [1.807, 2.05) is 0 Å². The number of rotatable bonds is 2. The third-order valence-corrected chi connectivity index (χ3v) is 3.20. The summed E-state index contributed by atoms with van der Waals surface area (Å²) in [5.41, 5.74) is 7.35. The van der Waals surface area contributed by atoms with Crippen LogP contribution in [0.5, 0.6) is 5.75 Å². The van der Waals surface area contributed by atoms with Gasteiger partial charge in [-0.05, 0) is 29.8 Å². The van der Waals surface area contributed by atoms with Crippen molar-refractivity contribution in [2.75, 3.05) is 12.8 Å². The van der Waals surface area contributed by atoms with Crippen LogP contribution in [0.25, 0.3) is 22.1 Å². The van der Waals surface area contributed by atoms with Gasteiger partial charge in [0.05, 0.1) is 18.1 Å². The Morgan fingerprint density at radius 3 is 2.45 bits per heavy atom. The Balaban J connectivity index is 2.27. The molecule has 0 aliphatic rings. The Labute approximate surface area is 115 Å². The number of hydrogen-bond acceptors (Lipinski definition) is 4. The van der Waals surface area contributed by atoms with E-state index in [1.54, 1.807) is 55.6 Å². The second-order valence-electron chi connectivity index (χ2n) is 4.40. The van der Waals surface area contributed by atoms with Crippen LogP contribution in [0, 0.1) is 0 Å². The molecule has 1 heterocycles. The molecule has 0 fully saturated rings. The van der Waals surface area contributed by atoms with Crippen molar-refractivity contribution in [3.8, 4) is 16.9 Å². The number of benzene rings is 2. The van der Waals surface area contributed by atoms with E-state index in [1.165, 1.54) is 0 Å². The predicted octanol–water partition coefficient (Wildman–Crippen LogP) is 3.05. The summed E-state index contributed by atoms with van der Waals surface area (Å²) in [6.45, 7) is 0. The molecule has 0 saturated heterocycles. The molecule has 100 valence electrons. The molecule has 0 amide bonds. The zero-order valence-electron chi connectivity index (χ0n) is 10.9. The molecular formula is C16H13NO3. The second kappa shape index (κ2) is 4.74. The Morgan fingerprint density at radius 1 is 1.05 bits per heavy atom. The Hall–Kier alpha value is -2.75. The summed E-state index contributed by atoms with van der Waals surface area (Å²) in [5, 5.41) is 0.521. The Bertz CT molecular complexity index is 819. The van der Waals surface area contributed by atoms with Crippen LogP contribution < -0.4 is 15.9 Å². The summed E-state index contributed by atoms with van der Waals surface area (Å²) in [4.78, 5) is 12.5. The average molecular weight is 267 g/mol. The zero-order valence-corrected chi connectivity index (χ0v) is 10.9. The van der Waals surface area contributed by atoms with E-state index in [0.717, 1.165) is 5.75 Å². The highest BCUT2D eigenvalue weighted by molar-refractivity contribution is 5.86. The molecule has 0 aliphatic heterocycles. The summed E-state index contributed by atoms with van der Waals surface area (Å²) in [6.07, 6.45) is 0. The van der Waals surface area contributed by atoms with Gasteiger partial charge in [0.2, 0.25) is 11.3 Å². The lowest BCUT2D eigenvalue weighted by atomic mass is 10.0. The smallest absolute Gasteiger partial charge is 0.202 e. The van der Waals surface area contributed by atoms with E-state index in [4.69, 9.17) is 14.9 Å². The first-order valence-electron chi connectivity index (χ1n) is 6.16. The van der Waals surface area contributed by atoms with Crippen molar-refractivity contribution in [2.45, 2.75) is 0 Å². The third kappa shape index (κ3) is 1.91. The van der Waals surface area contributed by atoms with Gasteiger partial charge in [-0.15, -0.1) is 0 Å². The minimum atomic E-state index is -0.130. The lowest BCUT2D eigenvalue weighted by Crippen LogP contribution is -2.08. The number of nitrogen functional groups attached to an aromatic ring is 1. The number of anilines is 1. The van der Waals surface area contributed by atoms with Gasteiger partial charge in [0.25, 0.3) is 0 Å². The molecule has 2 aromatic carbocycles. The highest BCUT2D eigenvalue weighted by atomic mass is 16.5.